The van der Waals surface area contributed by atoms with Crippen LogP contribution < -0.4 is 11.1 Å². The van der Waals surface area contributed by atoms with Gasteiger partial charge in [0.25, 0.3) is 5.91 Å². The van der Waals surface area contributed by atoms with Gasteiger partial charge in [-0.15, -0.1) is 0 Å². The average molecular weight is 329 g/mol. The largest absolute Gasteiger partial charge is 0.398 e. The lowest BCUT2D eigenvalue weighted by atomic mass is 10.2. The zero-order chi connectivity index (χ0) is 14.1. The molecule has 0 saturated carbocycles. The fourth-order valence-electron chi connectivity index (χ4n) is 1.55. The molecule has 0 aliphatic heterocycles. The second-order valence-corrected chi connectivity index (χ2v) is 5.08. The fraction of sp³-hybridized carbons (Fsp3) is 0.500. The second-order valence-electron chi connectivity index (χ2n) is 4.28. The number of amides is 1. The van der Waals surface area contributed by atoms with Crippen molar-refractivity contribution in [3.63, 3.8) is 0 Å². The summed E-state index contributed by atoms with van der Waals surface area (Å²) in [6.07, 6.45) is 3.04. The van der Waals surface area contributed by atoms with Gasteiger partial charge in [-0.1, -0.05) is 19.4 Å². The number of nitrogen functional groups attached to an aromatic ring is 1. The van der Waals surface area contributed by atoms with Crippen LogP contribution >= 0.6 is 15.9 Å². The first-order valence-corrected chi connectivity index (χ1v) is 7.36. The molecule has 1 aromatic carbocycles. The van der Waals surface area contributed by atoms with Gasteiger partial charge in [0.2, 0.25) is 0 Å². The molecule has 0 aliphatic rings. The number of rotatable bonds is 8. The summed E-state index contributed by atoms with van der Waals surface area (Å²) in [5.41, 5.74) is 6.86. The highest BCUT2D eigenvalue weighted by Crippen LogP contribution is 2.23. The van der Waals surface area contributed by atoms with E-state index in [4.69, 9.17) is 10.5 Å². The first-order valence-electron chi connectivity index (χ1n) is 6.56. The van der Waals surface area contributed by atoms with Crippen LogP contribution in [0.1, 0.15) is 36.5 Å². The molecule has 4 nitrogen and oxygen atoms in total. The lowest BCUT2D eigenvalue weighted by Gasteiger charge is -2.08. The molecule has 0 heterocycles. The zero-order valence-electron chi connectivity index (χ0n) is 11.2. The summed E-state index contributed by atoms with van der Waals surface area (Å²) < 4.78 is 6.07. The second kappa shape index (κ2) is 8.93. The maximum Gasteiger partial charge on any atom is 0.252 e. The number of ether oxygens (including phenoxy) is 1. The van der Waals surface area contributed by atoms with E-state index in [9.17, 15) is 4.79 Å². The van der Waals surface area contributed by atoms with Crippen molar-refractivity contribution < 1.29 is 9.53 Å². The van der Waals surface area contributed by atoms with Crippen LogP contribution in [-0.4, -0.2) is 25.7 Å². The Balaban J connectivity index is 2.26. The number of nitrogens with two attached hydrogens (primary N) is 1. The molecule has 0 bridgehead atoms. The van der Waals surface area contributed by atoms with E-state index in [1.54, 1.807) is 18.2 Å². The highest BCUT2D eigenvalue weighted by atomic mass is 79.9. The molecule has 0 aliphatic carbocycles. The van der Waals surface area contributed by atoms with Crippen molar-refractivity contribution in [2.24, 2.45) is 0 Å². The molecule has 106 valence electrons. The number of halogens is 1. The van der Waals surface area contributed by atoms with Crippen molar-refractivity contribution in [1.82, 2.24) is 5.32 Å². The third kappa shape index (κ3) is 5.61. The van der Waals surface area contributed by atoms with Gasteiger partial charge >= 0.3 is 0 Å². The Morgan fingerprint density at radius 1 is 1.37 bits per heavy atom. The Hall–Kier alpha value is -1.07. The van der Waals surface area contributed by atoms with Crippen LogP contribution in [0.15, 0.2) is 22.7 Å². The lowest BCUT2D eigenvalue weighted by molar-refractivity contribution is 0.0939. The van der Waals surface area contributed by atoms with Crippen LogP contribution in [-0.2, 0) is 4.74 Å². The van der Waals surface area contributed by atoms with Crippen molar-refractivity contribution in [3.8, 4) is 0 Å². The van der Waals surface area contributed by atoms with Gasteiger partial charge < -0.3 is 15.8 Å². The minimum atomic E-state index is -0.118. The molecule has 0 aromatic heterocycles. The molecule has 0 spiro atoms. The summed E-state index contributed by atoms with van der Waals surface area (Å²) >= 11 is 3.32. The summed E-state index contributed by atoms with van der Waals surface area (Å²) in [5.74, 6) is -0.118. The number of anilines is 1. The van der Waals surface area contributed by atoms with Crippen LogP contribution in [0.5, 0.6) is 0 Å². The zero-order valence-corrected chi connectivity index (χ0v) is 12.8. The standard InChI is InChI=1S/C14H21BrN2O2/c1-2-3-9-19-10-5-8-17-14(18)11-6-4-7-12(16)13(11)15/h4,6-7H,2-3,5,8-10,16H2,1H3,(H,17,18). The van der Waals surface area contributed by atoms with E-state index < -0.39 is 0 Å². The van der Waals surface area contributed by atoms with Gasteiger partial charge in [-0.05, 0) is 40.9 Å². The molecule has 1 rings (SSSR count). The van der Waals surface area contributed by atoms with Gasteiger partial charge in [0, 0.05) is 25.4 Å². The topological polar surface area (TPSA) is 64.3 Å². The molecule has 0 radical (unpaired) electrons. The Labute approximate surface area is 122 Å². The van der Waals surface area contributed by atoms with E-state index in [0.29, 0.717) is 28.9 Å². The molecule has 1 aromatic rings. The number of hydrogen-bond donors (Lipinski definition) is 2. The smallest absolute Gasteiger partial charge is 0.252 e. The molecule has 19 heavy (non-hydrogen) atoms. The van der Waals surface area contributed by atoms with Crippen LogP contribution in [0.25, 0.3) is 0 Å². The molecule has 0 unspecified atom stereocenters. The van der Waals surface area contributed by atoms with Gasteiger partial charge in [0.05, 0.1) is 10.0 Å². The fourth-order valence-corrected chi connectivity index (χ4v) is 1.99. The van der Waals surface area contributed by atoms with Gasteiger partial charge in [-0.2, -0.15) is 0 Å². The van der Waals surface area contributed by atoms with Gasteiger partial charge in [-0.25, -0.2) is 0 Å². The molecular weight excluding hydrogens is 308 g/mol. The average Bonchev–Trinajstić information content (AvgIpc) is 2.40. The first kappa shape index (κ1) is 16.0. The Kier molecular flexibility index (Phi) is 7.52. The first-order chi connectivity index (χ1) is 9.16. The van der Waals surface area contributed by atoms with Crippen molar-refractivity contribution in [1.29, 1.82) is 0 Å². The van der Waals surface area contributed by atoms with E-state index in [2.05, 4.69) is 28.2 Å². The number of hydrogen-bond acceptors (Lipinski definition) is 3. The summed E-state index contributed by atoms with van der Waals surface area (Å²) in [6, 6.07) is 5.26. The van der Waals surface area contributed by atoms with E-state index >= 15 is 0 Å². The summed E-state index contributed by atoms with van der Waals surface area (Å²) in [6.45, 7) is 4.21. The van der Waals surface area contributed by atoms with Crippen LogP contribution in [0.2, 0.25) is 0 Å². The summed E-state index contributed by atoms with van der Waals surface area (Å²) in [7, 11) is 0. The normalized spacial score (nSPS) is 10.4. The number of unbranched alkanes of at least 4 members (excludes halogenated alkanes) is 1. The van der Waals surface area contributed by atoms with Crippen molar-refractivity contribution in [3.05, 3.63) is 28.2 Å². The Bertz CT molecular complexity index is 410. The molecule has 0 fully saturated rings. The summed E-state index contributed by atoms with van der Waals surface area (Å²) in [5, 5.41) is 2.85. The quantitative estimate of drug-likeness (QED) is 0.569. The minimum Gasteiger partial charge on any atom is -0.398 e. The van der Waals surface area contributed by atoms with E-state index in [0.717, 1.165) is 25.9 Å². The number of nitrogens with one attached hydrogen (secondary N) is 1. The molecule has 3 N–H and O–H groups in total. The van der Waals surface area contributed by atoms with Crippen molar-refractivity contribution >= 4 is 27.5 Å². The van der Waals surface area contributed by atoms with Crippen LogP contribution in [0.3, 0.4) is 0 Å². The highest BCUT2D eigenvalue weighted by molar-refractivity contribution is 9.10. The van der Waals surface area contributed by atoms with Crippen molar-refractivity contribution in [2.75, 3.05) is 25.5 Å². The van der Waals surface area contributed by atoms with Gasteiger partial charge in [0.15, 0.2) is 0 Å². The van der Waals surface area contributed by atoms with E-state index in [-0.39, 0.29) is 5.91 Å². The molecule has 0 atom stereocenters. The maximum absolute atomic E-state index is 11.9. The van der Waals surface area contributed by atoms with Crippen LogP contribution in [0, 0.1) is 0 Å². The van der Waals surface area contributed by atoms with Crippen LogP contribution in [0.4, 0.5) is 5.69 Å². The van der Waals surface area contributed by atoms with Gasteiger partial charge in [0.1, 0.15) is 0 Å². The highest BCUT2D eigenvalue weighted by Gasteiger charge is 2.10. The number of carbonyl (C=O) groups excluding carboxylic acids is 1. The molecule has 5 heteroatoms. The predicted molar refractivity (Wildman–Crippen MR) is 81.2 cm³/mol. The van der Waals surface area contributed by atoms with E-state index in [1.165, 1.54) is 0 Å². The third-order valence-corrected chi connectivity index (χ3v) is 3.55. The van der Waals surface area contributed by atoms with Gasteiger partial charge in [-0.3, -0.25) is 4.79 Å². The number of benzene rings is 1. The Morgan fingerprint density at radius 2 is 2.11 bits per heavy atom. The number of carbonyl (C=O) groups is 1. The maximum atomic E-state index is 11.9. The van der Waals surface area contributed by atoms with E-state index in [1.807, 2.05) is 0 Å². The molecule has 1 amide bonds. The minimum absolute atomic E-state index is 0.118. The van der Waals surface area contributed by atoms with Crippen molar-refractivity contribution in [2.45, 2.75) is 26.2 Å². The molecule has 0 saturated heterocycles. The molecular formula is C14H21BrN2O2. The predicted octanol–water partition coefficient (Wildman–Crippen LogP) is 2.97. The monoisotopic (exact) mass is 328 g/mol. The summed E-state index contributed by atoms with van der Waals surface area (Å²) in [4.78, 5) is 11.9. The lowest BCUT2D eigenvalue weighted by Crippen LogP contribution is -2.25. The third-order valence-electron chi connectivity index (χ3n) is 2.67. The Morgan fingerprint density at radius 3 is 2.84 bits per heavy atom. The SMILES string of the molecule is CCCCOCCCNC(=O)c1cccc(N)c1Br.